The van der Waals surface area contributed by atoms with Crippen molar-refractivity contribution >= 4 is 26.7 Å². The van der Waals surface area contributed by atoms with E-state index in [4.69, 9.17) is 18.6 Å². The number of β-amino-alcohol motifs (C(OH)–C–C–N with tert-alkyl or cyclic N) is 1. The van der Waals surface area contributed by atoms with E-state index in [-0.39, 0.29) is 6.54 Å². The number of hydrogen-bond acceptors (Lipinski definition) is 13. The highest BCUT2D eigenvalue weighted by Gasteiger charge is 2.51. The van der Waals surface area contributed by atoms with Crippen LogP contribution in [0.25, 0.3) is 0 Å². The molecule has 2 saturated heterocycles. The van der Waals surface area contributed by atoms with Crippen LogP contribution in [0.3, 0.4) is 0 Å². The molecule has 9 N–H and O–H groups in total. The predicted molar refractivity (Wildman–Crippen MR) is 93.0 cm³/mol. The van der Waals surface area contributed by atoms with Crippen molar-refractivity contribution in [1.29, 1.82) is 0 Å². The van der Waals surface area contributed by atoms with Gasteiger partial charge in [0.15, 0.2) is 6.29 Å². The van der Waals surface area contributed by atoms with E-state index in [9.17, 15) is 47.2 Å². The number of aliphatic hydroxyl groups excluding tert-OH is 4. The Balaban J connectivity index is 2.33. The van der Waals surface area contributed by atoms with E-state index in [1.165, 1.54) is 4.72 Å². The van der Waals surface area contributed by atoms with Gasteiger partial charge in [0.05, 0.1) is 12.7 Å². The van der Waals surface area contributed by atoms with Gasteiger partial charge >= 0.3 is 26.7 Å². The van der Waals surface area contributed by atoms with E-state index in [0.717, 1.165) is 0 Å². The monoisotopic (exact) mass is 498 g/mol. The molecule has 9 atom stereocenters. The van der Waals surface area contributed by atoms with Crippen LogP contribution in [0.1, 0.15) is 0 Å². The van der Waals surface area contributed by atoms with Crippen LogP contribution >= 0.6 is 0 Å². The van der Waals surface area contributed by atoms with E-state index in [0.29, 0.717) is 0 Å². The van der Waals surface area contributed by atoms with Crippen molar-refractivity contribution in [3.63, 3.8) is 0 Å². The van der Waals surface area contributed by atoms with Crippen LogP contribution in [0, 0.1) is 0 Å². The Hall–Kier alpha value is -1.07. The summed E-state index contributed by atoms with van der Waals surface area (Å²) in [6, 6.07) is -3.64. The molecule has 182 valence electrons. The number of carboxylic acid groups (broad SMARTS) is 1. The zero-order valence-electron chi connectivity index (χ0n) is 15.3. The fourth-order valence-corrected chi connectivity index (χ4v) is 3.98. The maximum absolute atomic E-state index is 11.4. The van der Waals surface area contributed by atoms with Gasteiger partial charge in [-0.1, -0.05) is 0 Å². The number of hydrogen-bond donors (Lipinski definition) is 9. The van der Waals surface area contributed by atoms with Gasteiger partial charge in [0, 0.05) is 6.54 Å². The van der Waals surface area contributed by atoms with Crippen molar-refractivity contribution in [2.45, 2.75) is 55.0 Å². The maximum atomic E-state index is 11.4. The average molecular weight is 498 g/mol. The molecule has 0 aliphatic carbocycles. The lowest BCUT2D eigenvalue weighted by molar-refractivity contribution is -0.294. The SMILES string of the molecule is O=C(O)[C@@H]1NC[C@H](O)[C@@H](O)[C@@H]1O[C@H]1O[C@H](COS(=O)(=O)O)[C@@H](O)[C@H](O)[C@H]1NS(=O)(=O)O. The van der Waals surface area contributed by atoms with Gasteiger partial charge < -0.3 is 35.0 Å². The fraction of sp³-hybridized carbons (Fsp3) is 0.917. The summed E-state index contributed by atoms with van der Waals surface area (Å²) in [4.78, 5) is 11.4. The average Bonchev–Trinajstić information content (AvgIpc) is 2.62. The van der Waals surface area contributed by atoms with E-state index < -0.39 is 88.3 Å². The topological polar surface area (TPSA) is 279 Å². The summed E-state index contributed by atoms with van der Waals surface area (Å²) in [6.45, 7) is -1.44. The summed E-state index contributed by atoms with van der Waals surface area (Å²) >= 11 is 0. The quantitative estimate of drug-likeness (QED) is 0.141. The zero-order chi connectivity index (χ0) is 23.7. The van der Waals surface area contributed by atoms with Crippen molar-refractivity contribution in [3.05, 3.63) is 0 Å². The fourth-order valence-electron chi connectivity index (χ4n) is 3.08. The Labute approximate surface area is 175 Å². The Morgan fingerprint density at radius 1 is 1.06 bits per heavy atom. The van der Waals surface area contributed by atoms with Gasteiger partial charge in [0.25, 0.3) is 0 Å². The zero-order valence-corrected chi connectivity index (χ0v) is 17.0. The summed E-state index contributed by atoms with van der Waals surface area (Å²) in [7, 11) is -10.1. The van der Waals surface area contributed by atoms with Gasteiger partial charge in [-0.05, 0) is 0 Å². The van der Waals surface area contributed by atoms with Crippen molar-refractivity contribution < 1.29 is 69.9 Å². The molecule has 0 spiro atoms. The highest BCUT2D eigenvalue weighted by molar-refractivity contribution is 7.83. The second-order valence-electron chi connectivity index (χ2n) is 6.74. The summed E-state index contributed by atoms with van der Waals surface area (Å²) in [5.74, 6) is -1.54. The number of rotatable bonds is 8. The van der Waals surface area contributed by atoms with Crippen molar-refractivity contribution in [3.8, 4) is 0 Å². The molecular weight excluding hydrogens is 476 g/mol. The Morgan fingerprint density at radius 2 is 1.68 bits per heavy atom. The third-order valence-corrected chi connectivity index (χ3v) is 5.53. The molecule has 0 aromatic carbocycles. The largest absolute Gasteiger partial charge is 0.480 e. The Kier molecular flexibility index (Phi) is 8.30. The molecule has 0 unspecified atom stereocenters. The second-order valence-corrected chi connectivity index (χ2v) is 9.01. The van der Waals surface area contributed by atoms with Crippen LogP contribution in [0.2, 0.25) is 0 Å². The van der Waals surface area contributed by atoms with E-state index in [2.05, 4.69) is 9.50 Å². The number of nitrogens with one attached hydrogen (secondary N) is 2. The molecule has 0 aromatic heterocycles. The minimum absolute atomic E-state index is 0.345. The molecule has 0 bridgehead atoms. The van der Waals surface area contributed by atoms with E-state index >= 15 is 0 Å². The molecule has 0 amide bonds. The molecule has 2 heterocycles. The number of carbonyl (C=O) groups is 1. The standard InChI is InChI=1S/C12H22N2O15S2/c15-3-1-13-6(11(19)20)10(7(3)16)29-12-5(14-30(21,22)23)9(18)8(17)4(28-12)2-27-31(24,25)26/h3-10,12-18H,1-2H2,(H,19,20)(H,21,22,23)(H,24,25,26)/t3-,4+,5+,6+,7+,8+,9+,10+,12+/m0/s1. The van der Waals surface area contributed by atoms with Gasteiger partial charge in [0.2, 0.25) is 0 Å². The number of carboxylic acids is 1. The first-order chi connectivity index (χ1) is 14.1. The van der Waals surface area contributed by atoms with Gasteiger partial charge in [0.1, 0.15) is 42.6 Å². The first kappa shape index (κ1) is 26.2. The highest BCUT2D eigenvalue weighted by atomic mass is 32.3. The molecule has 17 nitrogen and oxygen atoms in total. The molecule has 2 aliphatic rings. The maximum Gasteiger partial charge on any atom is 0.397 e. The minimum Gasteiger partial charge on any atom is -0.480 e. The van der Waals surface area contributed by atoms with Crippen molar-refractivity contribution in [1.82, 2.24) is 10.0 Å². The lowest BCUT2D eigenvalue weighted by Gasteiger charge is -2.45. The lowest BCUT2D eigenvalue weighted by Crippen LogP contribution is -2.69. The Morgan fingerprint density at radius 3 is 2.19 bits per heavy atom. The third kappa shape index (κ3) is 6.95. The molecular formula is C12H22N2O15S2. The van der Waals surface area contributed by atoms with Gasteiger partial charge in [-0.25, -0.2) is 4.18 Å². The summed E-state index contributed by atoms with van der Waals surface area (Å²) in [5.41, 5.74) is 0. The van der Waals surface area contributed by atoms with Crippen LogP contribution in [-0.2, 0) is 39.2 Å². The van der Waals surface area contributed by atoms with Crippen LogP contribution in [0.5, 0.6) is 0 Å². The van der Waals surface area contributed by atoms with Gasteiger partial charge in [-0.2, -0.15) is 21.6 Å². The minimum atomic E-state index is -5.05. The summed E-state index contributed by atoms with van der Waals surface area (Å²) in [5, 5.41) is 51.8. The first-order valence-electron chi connectivity index (χ1n) is 8.46. The van der Waals surface area contributed by atoms with Crippen molar-refractivity contribution in [2.24, 2.45) is 0 Å². The number of aliphatic carboxylic acids is 1. The van der Waals surface area contributed by atoms with Crippen LogP contribution in [0.4, 0.5) is 0 Å². The molecule has 0 radical (unpaired) electrons. The van der Waals surface area contributed by atoms with Crippen molar-refractivity contribution in [2.75, 3.05) is 13.2 Å². The van der Waals surface area contributed by atoms with E-state index in [1.54, 1.807) is 0 Å². The molecule has 2 fully saturated rings. The highest BCUT2D eigenvalue weighted by Crippen LogP contribution is 2.27. The van der Waals surface area contributed by atoms with Gasteiger partial charge in [-0.15, -0.1) is 0 Å². The number of aliphatic hydroxyl groups is 4. The molecule has 0 aromatic rings. The molecule has 2 rings (SSSR count). The van der Waals surface area contributed by atoms with Crippen LogP contribution in [-0.4, -0.2) is 126 Å². The van der Waals surface area contributed by atoms with Gasteiger partial charge in [-0.3, -0.25) is 19.2 Å². The van der Waals surface area contributed by atoms with E-state index in [1.807, 2.05) is 0 Å². The third-order valence-electron chi connectivity index (χ3n) is 4.53. The number of piperidine rings is 1. The smallest absolute Gasteiger partial charge is 0.397 e. The molecule has 19 heteroatoms. The first-order valence-corrected chi connectivity index (χ1v) is 11.3. The second kappa shape index (κ2) is 9.82. The summed E-state index contributed by atoms with van der Waals surface area (Å²) in [6.07, 6.45) is -13.2. The molecule has 31 heavy (non-hydrogen) atoms. The molecule has 2 aliphatic heterocycles. The lowest BCUT2D eigenvalue weighted by atomic mass is 9.94. The Bertz CT molecular complexity index is 848. The molecule has 0 saturated carbocycles. The summed E-state index contributed by atoms with van der Waals surface area (Å²) < 4.78 is 77.6. The number of ether oxygens (including phenoxy) is 2. The van der Waals surface area contributed by atoms with Crippen LogP contribution in [0.15, 0.2) is 0 Å². The van der Waals surface area contributed by atoms with Crippen LogP contribution < -0.4 is 10.0 Å². The normalized spacial score (nSPS) is 39.9. The predicted octanol–water partition coefficient (Wildman–Crippen LogP) is -5.82.